The molecule has 0 radical (unpaired) electrons. The van der Waals surface area contributed by atoms with Crippen molar-refractivity contribution in [1.29, 1.82) is 0 Å². The zero-order valence-electron chi connectivity index (χ0n) is 10.6. The smallest absolute Gasteiger partial charge is 0.329 e. The maximum absolute atomic E-state index is 11.5. The fourth-order valence-corrected chi connectivity index (χ4v) is 2.57. The minimum Gasteiger partial charge on any atom is -0.480 e. The molecule has 0 unspecified atom stereocenters. The van der Waals surface area contributed by atoms with E-state index in [4.69, 9.17) is 5.73 Å². The van der Waals surface area contributed by atoms with Crippen LogP contribution in [0.1, 0.15) is 19.8 Å². The lowest BCUT2D eigenvalue weighted by Crippen LogP contribution is -2.49. The lowest BCUT2D eigenvalue weighted by atomic mass is 10.00. The Kier molecular flexibility index (Phi) is 2.38. The average Bonchev–Trinajstić information content (AvgIpc) is 2.95. The second-order valence-corrected chi connectivity index (χ2v) is 4.95. The van der Waals surface area contributed by atoms with Crippen LogP contribution in [-0.2, 0) is 4.79 Å². The van der Waals surface area contributed by atoms with Crippen LogP contribution in [0.3, 0.4) is 0 Å². The average molecular weight is 261 g/mol. The topological polar surface area (TPSA) is 96.8 Å². The summed E-state index contributed by atoms with van der Waals surface area (Å²) in [5.41, 5.74) is 5.58. The molecule has 2 aromatic rings. The van der Waals surface area contributed by atoms with E-state index in [2.05, 4.69) is 9.97 Å². The highest BCUT2D eigenvalue weighted by molar-refractivity contribution is 5.83. The van der Waals surface area contributed by atoms with Crippen LogP contribution in [0.15, 0.2) is 18.3 Å². The molecule has 0 aromatic carbocycles. The summed E-state index contributed by atoms with van der Waals surface area (Å²) in [7, 11) is 0. The quantitative estimate of drug-likeness (QED) is 0.828. The Balaban J connectivity index is 2.11. The van der Waals surface area contributed by atoms with Crippen LogP contribution >= 0.6 is 0 Å². The van der Waals surface area contributed by atoms with Gasteiger partial charge in [0, 0.05) is 12.7 Å². The number of carbonyl (C=O) groups is 1. The number of rotatable bonds is 2. The monoisotopic (exact) mass is 261 g/mol. The van der Waals surface area contributed by atoms with Crippen molar-refractivity contribution in [2.45, 2.75) is 25.3 Å². The zero-order valence-corrected chi connectivity index (χ0v) is 10.6. The maximum atomic E-state index is 11.5. The number of nitrogens with zero attached hydrogens (tertiary/aromatic N) is 4. The maximum Gasteiger partial charge on any atom is 0.329 e. The lowest BCUT2D eigenvalue weighted by molar-refractivity contribution is -0.142. The molecule has 1 aliphatic heterocycles. The highest BCUT2D eigenvalue weighted by Gasteiger charge is 2.44. The number of hydrogen-bond donors (Lipinski definition) is 2. The number of nitrogens with two attached hydrogens (primary N) is 1. The van der Waals surface area contributed by atoms with Crippen LogP contribution in [0.4, 0.5) is 11.9 Å². The van der Waals surface area contributed by atoms with Gasteiger partial charge in [-0.05, 0) is 31.9 Å². The highest BCUT2D eigenvalue weighted by atomic mass is 16.4. The summed E-state index contributed by atoms with van der Waals surface area (Å²) >= 11 is 0. The van der Waals surface area contributed by atoms with Crippen LogP contribution in [-0.4, -0.2) is 37.5 Å². The van der Waals surface area contributed by atoms with Gasteiger partial charge in [0.1, 0.15) is 11.2 Å². The van der Waals surface area contributed by atoms with Crippen molar-refractivity contribution in [1.82, 2.24) is 14.4 Å². The van der Waals surface area contributed by atoms with Crippen LogP contribution in [0.5, 0.6) is 0 Å². The molecule has 0 amide bonds. The summed E-state index contributed by atoms with van der Waals surface area (Å²) in [6, 6.07) is 3.64. The van der Waals surface area contributed by atoms with E-state index in [1.165, 1.54) is 0 Å². The third kappa shape index (κ3) is 1.61. The molecule has 1 aliphatic rings. The Hall–Kier alpha value is -2.31. The molecule has 0 bridgehead atoms. The largest absolute Gasteiger partial charge is 0.480 e. The number of aromatic nitrogens is 3. The van der Waals surface area contributed by atoms with E-state index in [0.29, 0.717) is 30.5 Å². The van der Waals surface area contributed by atoms with Gasteiger partial charge < -0.3 is 15.7 Å². The van der Waals surface area contributed by atoms with E-state index in [1.807, 2.05) is 12.1 Å². The van der Waals surface area contributed by atoms with Crippen molar-refractivity contribution < 1.29 is 9.90 Å². The summed E-state index contributed by atoms with van der Waals surface area (Å²) in [5, 5.41) is 9.41. The molecule has 7 heteroatoms. The van der Waals surface area contributed by atoms with E-state index < -0.39 is 11.5 Å². The fourth-order valence-electron chi connectivity index (χ4n) is 2.57. The summed E-state index contributed by atoms with van der Waals surface area (Å²) in [4.78, 5) is 21.8. The lowest BCUT2D eigenvalue weighted by Gasteiger charge is -2.31. The minimum absolute atomic E-state index is 0.310. The third-order valence-corrected chi connectivity index (χ3v) is 3.75. The second kappa shape index (κ2) is 3.84. The molecule has 7 nitrogen and oxygen atoms in total. The van der Waals surface area contributed by atoms with Gasteiger partial charge in [-0.3, -0.25) is 4.40 Å². The van der Waals surface area contributed by atoms with E-state index in [0.717, 1.165) is 6.42 Å². The van der Waals surface area contributed by atoms with Gasteiger partial charge in [0.15, 0.2) is 0 Å². The standard InChI is InChI=1S/C12H15N5O2/c1-12(9(18)19)5-3-7-17(12)11-14-8-4-2-6-16(8)10(13)15-11/h2,4,6H,3,5,7H2,1H3,(H,18,19)(H2,13,14,15)/t12-/m0/s1. The Labute approximate surface area is 109 Å². The molecular weight excluding hydrogens is 246 g/mol. The predicted molar refractivity (Wildman–Crippen MR) is 70.0 cm³/mol. The van der Waals surface area contributed by atoms with Gasteiger partial charge in [-0.25, -0.2) is 4.79 Å². The van der Waals surface area contributed by atoms with Crippen LogP contribution in [0.25, 0.3) is 5.65 Å². The third-order valence-electron chi connectivity index (χ3n) is 3.75. The molecule has 0 spiro atoms. The van der Waals surface area contributed by atoms with Gasteiger partial charge in [0.05, 0.1) is 0 Å². The Morgan fingerprint density at radius 1 is 1.53 bits per heavy atom. The van der Waals surface area contributed by atoms with E-state index in [1.54, 1.807) is 22.4 Å². The van der Waals surface area contributed by atoms with Crippen LogP contribution in [0, 0.1) is 0 Å². The van der Waals surface area contributed by atoms with E-state index >= 15 is 0 Å². The number of nitrogen functional groups attached to an aromatic ring is 1. The summed E-state index contributed by atoms with van der Waals surface area (Å²) in [6.45, 7) is 2.32. The summed E-state index contributed by atoms with van der Waals surface area (Å²) in [5.74, 6) is -0.168. The van der Waals surface area contributed by atoms with E-state index in [9.17, 15) is 9.90 Å². The minimum atomic E-state index is -0.961. The van der Waals surface area contributed by atoms with E-state index in [-0.39, 0.29) is 0 Å². The van der Waals surface area contributed by atoms with Gasteiger partial charge >= 0.3 is 5.97 Å². The molecule has 19 heavy (non-hydrogen) atoms. The first-order valence-corrected chi connectivity index (χ1v) is 6.14. The molecule has 1 fully saturated rings. The van der Waals surface area contributed by atoms with Crippen molar-refractivity contribution in [2.75, 3.05) is 17.2 Å². The number of anilines is 2. The molecule has 1 atom stereocenters. The van der Waals surface area contributed by atoms with Crippen molar-refractivity contribution in [3.8, 4) is 0 Å². The number of carboxylic acid groups (broad SMARTS) is 1. The van der Waals surface area contributed by atoms with Crippen molar-refractivity contribution in [3.63, 3.8) is 0 Å². The van der Waals surface area contributed by atoms with Crippen molar-refractivity contribution in [3.05, 3.63) is 18.3 Å². The Bertz CT molecular complexity index is 653. The number of aliphatic carboxylic acids is 1. The Morgan fingerprint density at radius 2 is 2.32 bits per heavy atom. The Morgan fingerprint density at radius 3 is 3.05 bits per heavy atom. The molecule has 100 valence electrons. The zero-order chi connectivity index (χ0) is 13.6. The first-order chi connectivity index (χ1) is 9.02. The second-order valence-electron chi connectivity index (χ2n) is 4.95. The van der Waals surface area contributed by atoms with Crippen molar-refractivity contribution >= 4 is 23.5 Å². The molecule has 2 aromatic heterocycles. The SMILES string of the molecule is C[C@@]1(C(=O)O)CCCN1c1nc(N)n2cccc2n1. The molecule has 0 aliphatic carbocycles. The van der Waals surface area contributed by atoms with Crippen LogP contribution in [0.2, 0.25) is 0 Å². The van der Waals surface area contributed by atoms with Gasteiger partial charge in [-0.2, -0.15) is 9.97 Å². The molecule has 1 saturated heterocycles. The van der Waals surface area contributed by atoms with Crippen molar-refractivity contribution in [2.24, 2.45) is 0 Å². The molecule has 0 saturated carbocycles. The van der Waals surface area contributed by atoms with Crippen LogP contribution < -0.4 is 10.6 Å². The van der Waals surface area contributed by atoms with Gasteiger partial charge in [0.25, 0.3) is 0 Å². The summed E-state index contributed by atoms with van der Waals surface area (Å²) < 4.78 is 1.66. The number of carboxylic acids is 1. The van der Waals surface area contributed by atoms with Gasteiger partial charge in [0.2, 0.25) is 11.9 Å². The molecule has 3 rings (SSSR count). The normalized spacial score (nSPS) is 23.1. The number of hydrogen-bond acceptors (Lipinski definition) is 5. The summed E-state index contributed by atoms with van der Waals surface area (Å²) in [6.07, 6.45) is 3.16. The highest BCUT2D eigenvalue weighted by Crippen LogP contribution is 2.32. The molecule has 3 heterocycles. The molecule has 3 N–H and O–H groups in total. The first kappa shape index (κ1) is 11.8. The van der Waals surface area contributed by atoms with Gasteiger partial charge in [-0.15, -0.1) is 0 Å². The molecular formula is C12H15N5O2. The first-order valence-electron chi connectivity index (χ1n) is 6.14. The predicted octanol–water partition coefficient (Wildman–Crippen LogP) is 0.755. The number of fused-ring (bicyclic) bond motifs is 1. The fraction of sp³-hybridized carbons (Fsp3) is 0.417. The van der Waals surface area contributed by atoms with Gasteiger partial charge in [-0.1, -0.05) is 0 Å².